The molecule has 13 heavy (non-hydrogen) atoms. The molecule has 0 saturated carbocycles. The highest BCUT2D eigenvalue weighted by Crippen LogP contribution is 2.15. The van der Waals surface area contributed by atoms with E-state index in [1.54, 1.807) is 12.1 Å². The van der Waals surface area contributed by atoms with Crippen molar-refractivity contribution in [1.29, 1.82) is 0 Å². The molecular formula is C10H15NOS. The van der Waals surface area contributed by atoms with Gasteiger partial charge in [-0.3, -0.25) is 4.21 Å². The Morgan fingerprint density at radius 2 is 2.23 bits per heavy atom. The first-order valence-corrected chi connectivity index (χ1v) is 5.62. The van der Waals surface area contributed by atoms with Crippen LogP contribution in [0, 0.1) is 0 Å². The number of nitrogen functional groups attached to an aromatic ring is 1. The van der Waals surface area contributed by atoms with Crippen LogP contribution in [0.15, 0.2) is 29.2 Å². The van der Waals surface area contributed by atoms with Gasteiger partial charge in [0.1, 0.15) is 0 Å². The minimum Gasteiger partial charge on any atom is -0.399 e. The Balaban J connectivity index is 2.89. The first-order chi connectivity index (χ1) is 6.15. The summed E-state index contributed by atoms with van der Waals surface area (Å²) < 4.78 is 11.8. The summed E-state index contributed by atoms with van der Waals surface area (Å²) in [7, 11) is -0.918. The van der Waals surface area contributed by atoms with Gasteiger partial charge in [-0.2, -0.15) is 0 Å². The molecule has 0 heterocycles. The van der Waals surface area contributed by atoms with E-state index in [1.165, 1.54) is 0 Å². The minimum absolute atomic E-state index is 0.196. The van der Waals surface area contributed by atoms with E-state index in [0.29, 0.717) is 5.69 Å². The van der Waals surface area contributed by atoms with Gasteiger partial charge in [0.15, 0.2) is 0 Å². The zero-order chi connectivity index (χ0) is 9.84. The number of anilines is 1. The molecular weight excluding hydrogens is 182 g/mol. The summed E-state index contributed by atoms with van der Waals surface area (Å²) in [6.07, 6.45) is 0.918. The Morgan fingerprint density at radius 3 is 2.77 bits per heavy atom. The van der Waals surface area contributed by atoms with Crippen LogP contribution in [-0.4, -0.2) is 9.46 Å². The molecule has 2 unspecified atom stereocenters. The molecule has 0 aliphatic carbocycles. The van der Waals surface area contributed by atoms with Crippen LogP contribution in [0.4, 0.5) is 5.69 Å². The Bertz CT molecular complexity index is 312. The molecule has 0 aromatic heterocycles. The smallest absolute Gasteiger partial charge is 0.0558 e. The maximum Gasteiger partial charge on any atom is 0.0558 e. The van der Waals surface area contributed by atoms with E-state index in [-0.39, 0.29) is 5.25 Å². The quantitative estimate of drug-likeness (QED) is 0.755. The summed E-state index contributed by atoms with van der Waals surface area (Å²) in [6.45, 7) is 4.02. The lowest BCUT2D eigenvalue weighted by Gasteiger charge is -2.08. The molecule has 3 heteroatoms. The summed E-state index contributed by atoms with van der Waals surface area (Å²) in [5.41, 5.74) is 6.28. The van der Waals surface area contributed by atoms with Crippen LogP contribution in [0.2, 0.25) is 0 Å². The van der Waals surface area contributed by atoms with E-state index >= 15 is 0 Å². The normalized spacial score (nSPS) is 15.2. The second-order valence-electron chi connectivity index (χ2n) is 3.09. The zero-order valence-corrected chi connectivity index (χ0v) is 8.80. The van der Waals surface area contributed by atoms with Crippen LogP contribution < -0.4 is 5.73 Å². The topological polar surface area (TPSA) is 43.1 Å². The van der Waals surface area contributed by atoms with E-state index in [4.69, 9.17) is 5.73 Å². The molecule has 0 radical (unpaired) electrons. The Hall–Kier alpha value is -0.830. The lowest BCUT2D eigenvalue weighted by molar-refractivity contribution is 0.670. The van der Waals surface area contributed by atoms with Crippen molar-refractivity contribution >= 4 is 16.5 Å². The van der Waals surface area contributed by atoms with Gasteiger partial charge in [-0.1, -0.05) is 19.9 Å². The van der Waals surface area contributed by atoms with E-state index in [2.05, 4.69) is 0 Å². The molecule has 2 nitrogen and oxygen atoms in total. The van der Waals surface area contributed by atoms with Gasteiger partial charge in [-0.05, 0) is 24.6 Å². The SMILES string of the molecule is CCC(C)S(=O)c1cccc(N)c1. The van der Waals surface area contributed by atoms with E-state index in [1.807, 2.05) is 26.0 Å². The fraction of sp³-hybridized carbons (Fsp3) is 0.400. The van der Waals surface area contributed by atoms with Crippen molar-refractivity contribution in [3.8, 4) is 0 Å². The number of hydrogen-bond donors (Lipinski definition) is 1. The molecule has 0 saturated heterocycles. The molecule has 0 spiro atoms. The van der Waals surface area contributed by atoms with Gasteiger partial charge >= 0.3 is 0 Å². The van der Waals surface area contributed by atoms with Gasteiger partial charge < -0.3 is 5.73 Å². The summed E-state index contributed by atoms with van der Waals surface area (Å²) in [5, 5.41) is 0.196. The molecule has 0 aliphatic rings. The fourth-order valence-electron chi connectivity index (χ4n) is 1.02. The summed E-state index contributed by atoms with van der Waals surface area (Å²) in [6, 6.07) is 7.28. The lowest BCUT2D eigenvalue weighted by atomic mass is 10.3. The number of hydrogen-bond acceptors (Lipinski definition) is 2. The lowest BCUT2D eigenvalue weighted by Crippen LogP contribution is -2.09. The molecule has 2 N–H and O–H groups in total. The summed E-state index contributed by atoms with van der Waals surface area (Å²) >= 11 is 0. The maximum atomic E-state index is 11.8. The van der Waals surface area contributed by atoms with Crippen molar-refractivity contribution in [2.24, 2.45) is 0 Å². The summed E-state index contributed by atoms with van der Waals surface area (Å²) in [5.74, 6) is 0. The highest BCUT2D eigenvalue weighted by atomic mass is 32.2. The minimum atomic E-state index is -0.918. The third-order valence-corrected chi connectivity index (χ3v) is 3.81. The summed E-state index contributed by atoms with van der Waals surface area (Å²) in [4.78, 5) is 0.828. The fourth-order valence-corrected chi connectivity index (χ4v) is 2.26. The Morgan fingerprint density at radius 1 is 1.54 bits per heavy atom. The van der Waals surface area contributed by atoms with Gasteiger partial charge in [-0.15, -0.1) is 0 Å². The first-order valence-electron chi connectivity index (χ1n) is 4.41. The van der Waals surface area contributed by atoms with E-state index < -0.39 is 10.8 Å². The molecule has 0 amide bonds. The highest BCUT2D eigenvalue weighted by molar-refractivity contribution is 7.85. The molecule has 0 bridgehead atoms. The average Bonchev–Trinajstić information content (AvgIpc) is 2.15. The molecule has 1 aromatic rings. The molecule has 0 fully saturated rings. The second kappa shape index (κ2) is 4.42. The van der Waals surface area contributed by atoms with Crippen LogP contribution in [0.3, 0.4) is 0 Å². The number of benzene rings is 1. The van der Waals surface area contributed by atoms with Gasteiger partial charge in [0.2, 0.25) is 0 Å². The van der Waals surface area contributed by atoms with E-state index in [9.17, 15) is 4.21 Å². The van der Waals surface area contributed by atoms with Crippen LogP contribution in [0.5, 0.6) is 0 Å². The molecule has 72 valence electrons. The van der Waals surface area contributed by atoms with Gasteiger partial charge in [0, 0.05) is 15.8 Å². The van der Waals surface area contributed by atoms with Gasteiger partial charge in [-0.25, -0.2) is 0 Å². The third kappa shape index (κ3) is 2.56. The van der Waals surface area contributed by atoms with Gasteiger partial charge in [0.05, 0.1) is 10.8 Å². The van der Waals surface area contributed by atoms with Crippen LogP contribution >= 0.6 is 0 Å². The number of nitrogens with two attached hydrogens (primary N) is 1. The van der Waals surface area contributed by atoms with Gasteiger partial charge in [0.25, 0.3) is 0 Å². The second-order valence-corrected chi connectivity index (χ2v) is 4.96. The predicted molar refractivity (Wildman–Crippen MR) is 57.0 cm³/mol. The number of rotatable bonds is 3. The third-order valence-electron chi connectivity index (χ3n) is 2.03. The predicted octanol–water partition coefficient (Wildman–Crippen LogP) is 2.17. The molecule has 2 atom stereocenters. The monoisotopic (exact) mass is 197 g/mol. The standard InChI is InChI=1S/C10H15NOS/c1-3-8(2)13(12)10-6-4-5-9(11)7-10/h4-8H,3,11H2,1-2H3. The average molecular weight is 197 g/mol. The van der Waals surface area contributed by atoms with Crippen LogP contribution in [0.1, 0.15) is 20.3 Å². The van der Waals surface area contributed by atoms with Crippen molar-refractivity contribution in [2.75, 3.05) is 5.73 Å². The molecule has 0 aliphatic heterocycles. The van der Waals surface area contributed by atoms with Crippen molar-refractivity contribution in [1.82, 2.24) is 0 Å². The Labute approximate surface area is 81.6 Å². The highest BCUT2D eigenvalue weighted by Gasteiger charge is 2.10. The van der Waals surface area contributed by atoms with E-state index in [0.717, 1.165) is 11.3 Å². The Kier molecular flexibility index (Phi) is 3.48. The zero-order valence-electron chi connectivity index (χ0n) is 7.99. The first kappa shape index (κ1) is 10.3. The molecule has 1 rings (SSSR count). The van der Waals surface area contributed by atoms with Crippen molar-refractivity contribution in [3.63, 3.8) is 0 Å². The molecule has 1 aromatic carbocycles. The van der Waals surface area contributed by atoms with Crippen molar-refractivity contribution in [2.45, 2.75) is 30.4 Å². The van der Waals surface area contributed by atoms with Crippen LogP contribution in [-0.2, 0) is 10.8 Å². The largest absolute Gasteiger partial charge is 0.399 e. The van der Waals surface area contributed by atoms with Crippen LogP contribution in [0.25, 0.3) is 0 Å². The van der Waals surface area contributed by atoms with Crippen molar-refractivity contribution < 1.29 is 4.21 Å². The maximum absolute atomic E-state index is 11.8. The van der Waals surface area contributed by atoms with Crippen molar-refractivity contribution in [3.05, 3.63) is 24.3 Å².